The fourth-order valence-electron chi connectivity index (χ4n) is 2.15. The van der Waals surface area contributed by atoms with Gasteiger partial charge in [0.15, 0.2) is 0 Å². The molecule has 0 atom stereocenters. The predicted octanol–water partition coefficient (Wildman–Crippen LogP) is 3.30. The molecular weight excluding hydrogens is 354 g/mol. The van der Waals surface area contributed by atoms with Gasteiger partial charge in [0.1, 0.15) is 0 Å². The van der Waals surface area contributed by atoms with E-state index in [1.165, 1.54) is 44.2 Å². The summed E-state index contributed by atoms with van der Waals surface area (Å²) in [5.74, 6) is -1.28. The Morgan fingerprint density at radius 1 is 0.923 bits per heavy atom. The maximum atomic E-state index is 12.2. The molecule has 1 N–H and O–H groups in total. The Morgan fingerprint density at radius 2 is 1.46 bits per heavy atom. The molecule has 2 aromatic rings. The zero-order chi connectivity index (χ0) is 19.1. The van der Waals surface area contributed by atoms with Crippen LogP contribution >= 0.6 is 11.8 Å². The second kappa shape index (κ2) is 9.05. The number of aryl methyl sites for hydroxylation is 1. The number of carbonyl (C=O) groups is 3. The first kappa shape index (κ1) is 19.5. The molecule has 0 aliphatic carbocycles. The molecule has 136 valence electrons. The fraction of sp³-hybridized carbons (Fsp3) is 0.211. The van der Waals surface area contributed by atoms with E-state index in [4.69, 9.17) is 0 Å². The van der Waals surface area contributed by atoms with Crippen LogP contribution in [0.5, 0.6) is 0 Å². The van der Waals surface area contributed by atoms with Crippen LogP contribution in [0.15, 0.2) is 47.4 Å². The molecule has 26 heavy (non-hydrogen) atoms. The Balaban J connectivity index is 2.11. The smallest absolute Gasteiger partial charge is 0.337 e. The number of ether oxygens (including phenoxy) is 2. The molecule has 0 saturated heterocycles. The van der Waals surface area contributed by atoms with E-state index in [0.29, 0.717) is 5.69 Å². The van der Waals surface area contributed by atoms with Crippen LogP contribution in [0.1, 0.15) is 26.3 Å². The Labute approximate surface area is 155 Å². The number of carbonyl (C=O) groups excluding carboxylic acids is 3. The third kappa shape index (κ3) is 5.35. The van der Waals surface area contributed by atoms with Crippen LogP contribution in [0, 0.1) is 6.92 Å². The van der Waals surface area contributed by atoms with Crippen LogP contribution in [-0.4, -0.2) is 37.8 Å². The van der Waals surface area contributed by atoms with Gasteiger partial charge in [0.2, 0.25) is 5.91 Å². The van der Waals surface area contributed by atoms with Gasteiger partial charge in [0, 0.05) is 10.6 Å². The Kier molecular flexibility index (Phi) is 6.80. The van der Waals surface area contributed by atoms with Crippen LogP contribution in [0.2, 0.25) is 0 Å². The molecule has 0 heterocycles. The minimum absolute atomic E-state index is 0.150. The average molecular weight is 373 g/mol. The summed E-state index contributed by atoms with van der Waals surface area (Å²) in [6, 6.07) is 12.1. The zero-order valence-electron chi connectivity index (χ0n) is 14.7. The summed E-state index contributed by atoms with van der Waals surface area (Å²) >= 11 is 1.39. The molecule has 0 aliphatic heterocycles. The molecule has 1 amide bonds. The molecule has 2 aromatic carbocycles. The Hall–Kier alpha value is -2.80. The summed E-state index contributed by atoms with van der Waals surface area (Å²) in [5.41, 5.74) is 1.77. The third-order valence-corrected chi connectivity index (χ3v) is 4.46. The van der Waals surface area contributed by atoms with Gasteiger partial charge in [-0.2, -0.15) is 0 Å². The van der Waals surface area contributed by atoms with Crippen molar-refractivity contribution in [2.75, 3.05) is 25.3 Å². The molecule has 0 bridgehead atoms. The minimum Gasteiger partial charge on any atom is -0.465 e. The van der Waals surface area contributed by atoms with Gasteiger partial charge < -0.3 is 14.8 Å². The SMILES string of the molecule is COC(=O)c1cc(NC(=O)CSc2ccc(C)cc2)cc(C(=O)OC)c1. The Morgan fingerprint density at radius 3 is 1.96 bits per heavy atom. The molecule has 2 rings (SSSR count). The first-order valence-corrected chi connectivity index (χ1v) is 8.72. The lowest BCUT2D eigenvalue weighted by Gasteiger charge is -2.09. The van der Waals surface area contributed by atoms with Gasteiger partial charge in [-0.05, 0) is 37.3 Å². The van der Waals surface area contributed by atoms with Gasteiger partial charge in [0.05, 0.1) is 31.1 Å². The summed E-state index contributed by atoms with van der Waals surface area (Å²) in [5, 5.41) is 2.69. The number of nitrogens with one attached hydrogen (secondary N) is 1. The van der Waals surface area contributed by atoms with Crippen LogP contribution in [0.25, 0.3) is 0 Å². The highest BCUT2D eigenvalue weighted by atomic mass is 32.2. The number of rotatable bonds is 6. The molecule has 0 aliphatic rings. The van der Waals surface area contributed by atoms with Crippen molar-refractivity contribution in [3.8, 4) is 0 Å². The Bertz CT molecular complexity index is 783. The number of benzene rings is 2. The van der Waals surface area contributed by atoms with E-state index in [-0.39, 0.29) is 22.8 Å². The van der Waals surface area contributed by atoms with Crippen molar-refractivity contribution in [2.24, 2.45) is 0 Å². The topological polar surface area (TPSA) is 81.7 Å². The van der Waals surface area contributed by atoms with Gasteiger partial charge in [-0.3, -0.25) is 4.79 Å². The quantitative estimate of drug-likeness (QED) is 0.618. The number of amides is 1. The highest BCUT2D eigenvalue weighted by Crippen LogP contribution is 2.20. The van der Waals surface area contributed by atoms with Crippen LogP contribution in [-0.2, 0) is 14.3 Å². The molecule has 6 nitrogen and oxygen atoms in total. The van der Waals surface area contributed by atoms with E-state index >= 15 is 0 Å². The van der Waals surface area contributed by atoms with E-state index in [1.54, 1.807) is 0 Å². The normalized spacial score (nSPS) is 10.1. The first-order valence-electron chi connectivity index (χ1n) is 7.74. The first-order chi connectivity index (χ1) is 12.4. The van der Waals surface area contributed by atoms with E-state index in [9.17, 15) is 14.4 Å². The van der Waals surface area contributed by atoms with Crippen molar-refractivity contribution >= 4 is 35.3 Å². The van der Waals surface area contributed by atoms with Gasteiger partial charge in [-0.25, -0.2) is 9.59 Å². The lowest BCUT2D eigenvalue weighted by Crippen LogP contribution is -2.16. The van der Waals surface area contributed by atoms with Crippen LogP contribution in [0.3, 0.4) is 0 Å². The zero-order valence-corrected chi connectivity index (χ0v) is 15.5. The highest BCUT2D eigenvalue weighted by Gasteiger charge is 2.15. The maximum absolute atomic E-state index is 12.2. The van der Waals surface area contributed by atoms with Gasteiger partial charge >= 0.3 is 11.9 Å². The molecular formula is C19H19NO5S. The molecule has 0 unspecified atom stereocenters. The molecule has 0 radical (unpaired) electrons. The average Bonchev–Trinajstić information content (AvgIpc) is 2.65. The van der Waals surface area contributed by atoms with Crippen LogP contribution < -0.4 is 5.32 Å². The van der Waals surface area contributed by atoms with E-state index in [0.717, 1.165) is 10.5 Å². The molecule has 0 saturated carbocycles. The second-order valence-electron chi connectivity index (χ2n) is 5.43. The standard InChI is InChI=1S/C19H19NO5S/c1-12-4-6-16(7-5-12)26-11-17(21)20-15-9-13(18(22)24-2)8-14(10-15)19(23)25-3/h4-10H,11H2,1-3H3,(H,20,21). The van der Waals surface area contributed by atoms with E-state index < -0.39 is 11.9 Å². The number of esters is 2. The van der Waals surface area contributed by atoms with Crippen molar-refractivity contribution in [1.82, 2.24) is 0 Å². The van der Waals surface area contributed by atoms with Crippen molar-refractivity contribution in [3.63, 3.8) is 0 Å². The lowest BCUT2D eigenvalue weighted by atomic mass is 10.1. The fourth-order valence-corrected chi connectivity index (χ4v) is 2.85. The summed E-state index contributed by atoms with van der Waals surface area (Å²) < 4.78 is 9.34. The predicted molar refractivity (Wildman–Crippen MR) is 99.7 cm³/mol. The molecule has 0 aromatic heterocycles. The number of hydrogen-bond acceptors (Lipinski definition) is 6. The monoisotopic (exact) mass is 373 g/mol. The molecule has 7 heteroatoms. The maximum Gasteiger partial charge on any atom is 0.337 e. The number of thioether (sulfide) groups is 1. The van der Waals surface area contributed by atoms with Crippen molar-refractivity contribution < 1.29 is 23.9 Å². The number of anilines is 1. The highest BCUT2D eigenvalue weighted by molar-refractivity contribution is 8.00. The summed E-state index contributed by atoms with van der Waals surface area (Å²) in [6.07, 6.45) is 0. The van der Waals surface area contributed by atoms with Crippen molar-refractivity contribution in [2.45, 2.75) is 11.8 Å². The molecule has 0 spiro atoms. The second-order valence-corrected chi connectivity index (χ2v) is 6.48. The number of methoxy groups -OCH3 is 2. The summed E-state index contributed by atoms with van der Waals surface area (Å²) in [6.45, 7) is 1.99. The van der Waals surface area contributed by atoms with Gasteiger partial charge in [-0.15, -0.1) is 11.8 Å². The van der Waals surface area contributed by atoms with Crippen LogP contribution in [0.4, 0.5) is 5.69 Å². The largest absolute Gasteiger partial charge is 0.465 e. The third-order valence-electron chi connectivity index (χ3n) is 3.45. The lowest BCUT2D eigenvalue weighted by molar-refractivity contribution is -0.113. The number of hydrogen-bond donors (Lipinski definition) is 1. The van der Waals surface area contributed by atoms with Gasteiger partial charge in [0.25, 0.3) is 0 Å². The minimum atomic E-state index is -0.611. The summed E-state index contributed by atoms with van der Waals surface area (Å²) in [7, 11) is 2.48. The van der Waals surface area contributed by atoms with Crippen molar-refractivity contribution in [1.29, 1.82) is 0 Å². The molecule has 0 fully saturated rings. The summed E-state index contributed by atoms with van der Waals surface area (Å²) in [4.78, 5) is 36.7. The van der Waals surface area contributed by atoms with E-state index in [2.05, 4.69) is 14.8 Å². The van der Waals surface area contributed by atoms with Gasteiger partial charge in [-0.1, -0.05) is 17.7 Å². The van der Waals surface area contributed by atoms with Crippen molar-refractivity contribution in [3.05, 3.63) is 59.2 Å². The van der Waals surface area contributed by atoms with E-state index in [1.807, 2.05) is 31.2 Å².